The van der Waals surface area contributed by atoms with Crippen molar-refractivity contribution in [3.63, 3.8) is 0 Å². The average molecular weight is 471 g/mol. The van der Waals surface area contributed by atoms with Crippen LogP contribution in [-0.2, 0) is 9.53 Å². The van der Waals surface area contributed by atoms with Crippen molar-refractivity contribution >= 4 is 17.7 Å². The highest BCUT2D eigenvalue weighted by Gasteiger charge is 2.36. The van der Waals surface area contributed by atoms with Gasteiger partial charge in [-0.05, 0) is 19.1 Å². The van der Waals surface area contributed by atoms with Crippen LogP contribution in [0.15, 0.2) is 96.2 Å². The molecule has 172 valence electrons. The number of cyclic esters (lactones) is 1. The number of para-hydroxylation sites is 1. The minimum atomic E-state index is -1.04. The van der Waals surface area contributed by atoms with Crippen LogP contribution in [0.5, 0.6) is 0 Å². The summed E-state index contributed by atoms with van der Waals surface area (Å²) < 4.78 is 7.71. The average Bonchev–Trinajstić information content (AvgIpc) is 3.23. The van der Waals surface area contributed by atoms with E-state index in [-0.39, 0.29) is 18.5 Å². The first kappa shape index (κ1) is 22.4. The monoisotopic (exact) mass is 470 g/mol. The first-order chi connectivity index (χ1) is 16.5. The Hall–Kier alpha value is -3.35. The lowest BCUT2D eigenvalue weighted by Gasteiger charge is -2.32. The van der Waals surface area contributed by atoms with Gasteiger partial charge in [0, 0.05) is 29.0 Å². The summed E-state index contributed by atoms with van der Waals surface area (Å²) in [5.74, 6) is 0.150. The molecule has 5 nitrogen and oxygen atoms in total. The Morgan fingerprint density at radius 3 is 2.18 bits per heavy atom. The fraction of sp³-hybridized carbons (Fsp3) is 0.214. The van der Waals surface area contributed by atoms with Gasteiger partial charge in [-0.25, -0.2) is 4.98 Å². The molecular formula is C28H26N2O3S. The molecule has 0 unspecified atom stereocenters. The molecule has 2 atom stereocenters. The Morgan fingerprint density at radius 1 is 0.971 bits per heavy atom. The predicted octanol–water partition coefficient (Wildman–Crippen LogP) is 5.76. The summed E-state index contributed by atoms with van der Waals surface area (Å²) in [7, 11) is 0. The molecule has 1 aliphatic rings. The Kier molecular flexibility index (Phi) is 6.26. The van der Waals surface area contributed by atoms with Gasteiger partial charge in [-0.2, -0.15) is 0 Å². The normalized spacial score (nSPS) is 20.2. The van der Waals surface area contributed by atoms with E-state index in [9.17, 15) is 9.90 Å². The summed E-state index contributed by atoms with van der Waals surface area (Å²) >= 11 is 1.54. The first-order valence-corrected chi connectivity index (χ1v) is 12.3. The van der Waals surface area contributed by atoms with Crippen molar-refractivity contribution < 1.29 is 14.6 Å². The van der Waals surface area contributed by atoms with E-state index >= 15 is 0 Å². The topological polar surface area (TPSA) is 64.3 Å². The molecule has 0 aliphatic carbocycles. The number of esters is 1. The van der Waals surface area contributed by atoms with Crippen molar-refractivity contribution in [2.24, 2.45) is 0 Å². The highest BCUT2D eigenvalue weighted by atomic mass is 32.2. The van der Waals surface area contributed by atoms with E-state index in [1.165, 1.54) is 11.8 Å². The van der Waals surface area contributed by atoms with E-state index in [2.05, 4.69) is 41.0 Å². The fourth-order valence-electron chi connectivity index (χ4n) is 4.38. The van der Waals surface area contributed by atoms with Gasteiger partial charge in [-0.15, -0.1) is 0 Å². The maximum Gasteiger partial charge on any atom is 0.309 e. The van der Waals surface area contributed by atoms with Crippen LogP contribution < -0.4 is 0 Å². The summed E-state index contributed by atoms with van der Waals surface area (Å²) in [6, 6.07) is 30.6. The minimum Gasteiger partial charge on any atom is -0.461 e. The Balaban J connectivity index is 1.61. The molecule has 4 aromatic rings. The van der Waals surface area contributed by atoms with Gasteiger partial charge in [0.2, 0.25) is 0 Å². The smallest absolute Gasteiger partial charge is 0.309 e. The molecule has 1 aliphatic heterocycles. The number of rotatable bonds is 6. The largest absolute Gasteiger partial charge is 0.461 e. The number of benzene rings is 3. The molecule has 0 radical (unpaired) electrons. The molecule has 3 aromatic carbocycles. The third-order valence-electron chi connectivity index (χ3n) is 5.84. The number of carbonyl (C=O) groups is 1. The standard InChI is InChI=1S/C28H26N2O3S/c1-28(32)17-23(33-24(31)18-28)19-34-27-29-25(20-11-5-2-6-12-20)26(21-13-7-3-8-14-21)30(27)22-15-9-4-10-16-22/h2-16,23,32H,17-19H2,1H3/t23-,28-/m1/s1. The molecule has 6 heteroatoms. The predicted molar refractivity (Wildman–Crippen MR) is 135 cm³/mol. The minimum absolute atomic E-state index is 0.0309. The third-order valence-corrected chi connectivity index (χ3v) is 6.92. The number of ether oxygens (including phenoxy) is 1. The van der Waals surface area contributed by atoms with Crippen molar-refractivity contribution in [1.29, 1.82) is 0 Å². The van der Waals surface area contributed by atoms with E-state index in [1.807, 2.05) is 54.6 Å². The number of thioether (sulfide) groups is 1. The number of hydrogen-bond acceptors (Lipinski definition) is 5. The van der Waals surface area contributed by atoms with Gasteiger partial charge in [0.15, 0.2) is 5.16 Å². The molecule has 34 heavy (non-hydrogen) atoms. The van der Waals surface area contributed by atoms with Gasteiger partial charge in [0.1, 0.15) is 6.10 Å². The molecule has 2 heterocycles. The molecule has 1 aromatic heterocycles. The van der Waals surface area contributed by atoms with Crippen LogP contribution in [0, 0.1) is 0 Å². The van der Waals surface area contributed by atoms with E-state index in [0.717, 1.165) is 33.4 Å². The molecule has 0 spiro atoms. The van der Waals surface area contributed by atoms with E-state index in [4.69, 9.17) is 9.72 Å². The third kappa shape index (κ3) is 4.79. The summed E-state index contributed by atoms with van der Waals surface area (Å²) in [6.45, 7) is 1.69. The Bertz CT molecular complexity index is 1270. The van der Waals surface area contributed by atoms with Gasteiger partial charge < -0.3 is 9.84 Å². The summed E-state index contributed by atoms with van der Waals surface area (Å²) in [4.78, 5) is 17.1. The van der Waals surface area contributed by atoms with Crippen molar-refractivity contribution in [3.05, 3.63) is 91.0 Å². The zero-order valence-electron chi connectivity index (χ0n) is 18.9. The van der Waals surface area contributed by atoms with Crippen molar-refractivity contribution in [1.82, 2.24) is 9.55 Å². The summed E-state index contributed by atoms with van der Waals surface area (Å²) in [5.41, 5.74) is 3.96. The van der Waals surface area contributed by atoms with Crippen molar-refractivity contribution in [3.8, 4) is 28.2 Å². The second kappa shape index (κ2) is 9.49. The molecule has 0 bridgehead atoms. The van der Waals surface area contributed by atoms with Crippen LogP contribution >= 0.6 is 11.8 Å². The van der Waals surface area contributed by atoms with Crippen LogP contribution in [0.4, 0.5) is 0 Å². The molecule has 0 amide bonds. The molecule has 1 fully saturated rings. The number of aromatic nitrogens is 2. The molecule has 0 saturated carbocycles. The Labute approximate surface area is 203 Å². The van der Waals surface area contributed by atoms with Gasteiger partial charge in [0.25, 0.3) is 0 Å². The number of carbonyl (C=O) groups excluding carboxylic acids is 1. The first-order valence-electron chi connectivity index (χ1n) is 11.3. The highest BCUT2D eigenvalue weighted by Crippen LogP contribution is 2.39. The maximum absolute atomic E-state index is 12.0. The van der Waals surface area contributed by atoms with Gasteiger partial charge in [-0.3, -0.25) is 9.36 Å². The van der Waals surface area contributed by atoms with Gasteiger partial charge in [-0.1, -0.05) is 90.6 Å². The number of imidazole rings is 1. The second-order valence-electron chi connectivity index (χ2n) is 8.80. The van der Waals surface area contributed by atoms with Crippen LogP contribution in [0.25, 0.3) is 28.2 Å². The van der Waals surface area contributed by atoms with Crippen LogP contribution in [-0.4, -0.2) is 38.1 Å². The number of aliphatic hydroxyl groups is 1. The van der Waals surface area contributed by atoms with E-state index in [1.54, 1.807) is 6.92 Å². The zero-order valence-corrected chi connectivity index (χ0v) is 19.7. The van der Waals surface area contributed by atoms with Crippen LogP contribution in [0.2, 0.25) is 0 Å². The van der Waals surface area contributed by atoms with E-state index in [0.29, 0.717) is 12.2 Å². The lowest BCUT2D eigenvalue weighted by Crippen LogP contribution is -2.42. The number of hydrogen-bond donors (Lipinski definition) is 1. The molecular weight excluding hydrogens is 444 g/mol. The maximum atomic E-state index is 12.0. The second-order valence-corrected chi connectivity index (χ2v) is 9.78. The lowest BCUT2D eigenvalue weighted by molar-refractivity contribution is -0.165. The molecule has 1 saturated heterocycles. The van der Waals surface area contributed by atoms with Gasteiger partial charge >= 0.3 is 5.97 Å². The van der Waals surface area contributed by atoms with Crippen molar-refractivity contribution in [2.45, 2.75) is 36.6 Å². The zero-order chi connectivity index (χ0) is 23.5. The summed E-state index contributed by atoms with van der Waals surface area (Å²) in [6.07, 6.45) is 0.0698. The quantitative estimate of drug-likeness (QED) is 0.287. The van der Waals surface area contributed by atoms with Crippen LogP contribution in [0.1, 0.15) is 19.8 Å². The van der Waals surface area contributed by atoms with E-state index < -0.39 is 5.60 Å². The summed E-state index contributed by atoms with van der Waals surface area (Å²) in [5, 5.41) is 11.3. The molecule has 5 rings (SSSR count). The van der Waals surface area contributed by atoms with Gasteiger partial charge in [0.05, 0.1) is 23.4 Å². The Morgan fingerprint density at radius 2 is 1.56 bits per heavy atom. The molecule has 1 N–H and O–H groups in total. The lowest BCUT2D eigenvalue weighted by atomic mass is 9.93. The van der Waals surface area contributed by atoms with Crippen molar-refractivity contribution in [2.75, 3.05) is 5.75 Å². The van der Waals surface area contributed by atoms with Crippen LogP contribution in [0.3, 0.4) is 0 Å². The highest BCUT2D eigenvalue weighted by molar-refractivity contribution is 7.99. The number of nitrogens with zero attached hydrogens (tertiary/aromatic N) is 2. The SMILES string of the molecule is C[C@]1(O)CC(=O)O[C@@H](CSc2nc(-c3ccccc3)c(-c3ccccc3)n2-c2ccccc2)C1. The fourth-order valence-corrected chi connectivity index (χ4v) is 5.38.